The van der Waals surface area contributed by atoms with Crippen molar-refractivity contribution in [2.45, 2.75) is 23.9 Å². The van der Waals surface area contributed by atoms with Crippen LogP contribution in [0.1, 0.15) is 12.8 Å². The molecule has 0 saturated carbocycles. The van der Waals surface area contributed by atoms with Crippen molar-refractivity contribution < 1.29 is 13.2 Å². The monoisotopic (exact) mass is 302 g/mol. The standard InChI is InChI=1S/C10H14N4O3S2/c11-8-9(14-3-6-18-10(14)12-8)19(15,16)13-7-1-4-17-5-2-7/h3,6-7,13H,1-2,4-5,11H2. The van der Waals surface area contributed by atoms with Crippen LogP contribution in [-0.2, 0) is 14.8 Å². The van der Waals surface area contributed by atoms with Gasteiger partial charge >= 0.3 is 0 Å². The van der Waals surface area contributed by atoms with Crippen molar-refractivity contribution in [3.05, 3.63) is 11.6 Å². The highest BCUT2D eigenvalue weighted by atomic mass is 32.2. The number of thiazole rings is 1. The number of sulfonamides is 1. The average Bonchev–Trinajstić information content (AvgIpc) is 2.88. The smallest absolute Gasteiger partial charge is 0.260 e. The summed E-state index contributed by atoms with van der Waals surface area (Å²) >= 11 is 1.34. The Morgan fingerprint density at radius 1 is 1.47 bits per heavy atom. The molecule has 0 radical (unpaired) electrons. The Hall–Kier alpha value is -1.16. The summed E-state index contributed by atoms with van der Waals surface area (Å²) in [6.07, 6.45) is 3.00. The largest absolute Gasteiger partial charge is 0.381 e. The molecule has 1 fully saturated rings. The number of fused-ring (bicyclic) bond motifs is 1. The van der Waals surface area contributed by atoms with Crippen LogP contribution in [0.4, 0.5) is 5.82 Å². The van der Waals surface area contributed by atoms with Gasteiger partial charge in [-0.2, -0.15) is 0 Å². The number of anilines is 1. The van der Waals surface area contributed by atoms with Crippen molar-refractivity contribution in [3.63, 3.8) is 0 Å². The topological polar surface area (TPSA) is 98.7 Å². The van der Waals surface area contributed by atoms with Gasteiger partial charge in [0, 0.05) is 30.8 Å². The molecule has 104 valence electrons. The van der Waals surface area contributed by atoms with E-state index in [-0.39, 0.29) is 16.9 Å². The summed E-state index contributed by atoms with van der Waals surface area (Å²) in [5.74, 6) is 0.0337. The van der Waals surface area contributed by atoms with E-state index in [4.69, 9.17) is 10.5 Å². The zero-order valence-electron chi connectivity index (χ0n) is 10.1. The van der Waals surface area contributed by atoms with Gasteiger partial charge in [-0.1, -0.05) is 0 Å². The molecule has 1 saturated heterocycles. The molecule has 0 amide bonds. The van der Waals surface area contributed by atoms with Gasteiger partial charge in [-0.15, -0.1) is 11.3 Å². The summed E-state index contributed by atoms with van der Waals surface area (Å²) in [4.78, 5) is 4.62. The number of ether oxygens (including phenoxy) is 1. The van der Waals surface area contributed by atoms with E-state index in [1.165, 1.54) is 15.7 Å². The molecular weight excluding hydrogens is 288 g/mol. The lowest BCUT2D eigenvalue weighted by molar-refractivity contribution is 0.0832. The second kappa shape index (κ2) is 4.75. The van der Waals surface area contributed by atoms with Crippen molar-refractivity contribution in [3.8, 4) is 0 Å². The average molecular weight is 302 g/mol. The zero-order valence-corrected chi connectivity index (χ0v) is 11.7. The van der Waals surface area contributed by atoms with Gasteiger partial charge in [-0.3, -0.25) is 4.40 Å². The van der Waals surface area contributed by atoms with Crippen LogP contribution in [0.15, 0.2) is 16.6 Å². The SMILES string of the molecule is Nc1nc2sccn2c1S(=O)(=O)NC1CCOCC1. The molecule has 19 heavy (non-hydrogen) atoms. The fraction of sp³-hybridized carbons (Fsp3) is 0.500. The van der Waals surface area contributed by atoms with Crippen molar-refractivity contribution in [1.29, 1.82) is 0 Å². The van der Waals surface area contributed by atoms with E-state index in [1.54, 1.807) is 11.6 Å². The van der Waals surface area contributed by atoms with Gasteiger partial charge in [0.15, 0.2) is 15.8 Å². The number of aromatic nitrogens is 2. The summed E-state index contributed by atoms with van der Waals surface area (Å²) in [7, 11) is -3.67. The van der Waals surface area contributed by atoms with Crippen molar-refractivity contribution >= 4 is 32.1 Å². The van der Waals surface area contributed by atoms with Crippen LogP contribution in [0, 0.1) is 0 Å². The van der Waals surface area contributed by atoms with Gasteiger partial charge < -0.3 is 10.5 Å². The van der Waals surface area contributed by atoms with E-state index in [2.05, 4.69) is 9.71 Å². The van der Waals surface area contributed by atoms with E-state index in [1.807, 2.05) is 0 Å². The Balaban J connectivity index is 1.94. The first kappa shape index (κ1) is 12.9. The van der Waals surface area contributed by atoms with E-state index in [0.29, 0.717) is 31.0 Å². The van der Waals surface area contributed by atoms with Crippen LogP contribution in [-0.4, -0.2) is 37.1 Å². The lowest BCUT2D eigenvalue weighted by Crippen LogP contribution is -2.39. The quantitative estimate of drug-likeness (QED) is 0.857. The van der Waals surface area contributed by atoms with Gasteiger partial charge in [0.1, 0.15) is 0 Å². The number of hydrogen-bond donors (Lipinski definition) is 2. The molecule has 0 atom stereocenters. The fourth-order valence-corrected chi connectivity index (χ4v) is 4.43. The summed E-state index contributed by atoms with van der Waals surface area (Å²) in [6.45, 7) is 1.14. The predicted octanol–water partition coefficient (Wildman–Crippen LogP) is 0.435. The second-order valence-corrected chi connectivity index (χ2v) is 6.87. The predicted molar refractivity (Wildman–Crippen MR) is 71.6 cm³/mol. The van der Waals surface area contributed by atoms with Crippen molar-refractivity contribution in [2.75, 3.05) is 18.9 Å². The lowest BCUT2D eigenvalue weighted by Gasteiger charge is -2.22. The molecule has 0 unspecified atom stereocenters. The maximum absolute atomic E-state index is 12.4. The highest BCUT2D eigenvalue weighted by Crippen LogP contribution is 2.24. The number of imidazole rings is 1. The first-order valence-corrected chi connectivity index (χ1v) is 8.25. The molecule has 3 rings (SSSR count). The zero-order chi connectivity index (χ0) is 13.5. The molecule has 9 heteroatoms. The Kier molecular flexibility index (Phi) is 3.21. The maximum Gasteiger partial charge on any atom is 0.260 e. The molecule has 2 aromatic rings. The third-order valence-corrected chi connectivity index (χ3v) is 5.36. The van der Waals surface area contributed by atoms with Crippen LogP contribution in [0.25, 0.3) is 4.96 Å². The van der Waals surface area contributed by atoms with Crippen molar-refractivity contribution in [1.82, 2.24) is 14.1 Å². The summed E-state index contributed by atoms with van der Waals surface area (Å²) in [5, 5.41) is 1.80. The number of nitrogen functional groups attached to an aromatic ring is 1. The van der Waals surface area contributed by atoms with Gasteiger partial charge in [0.2, 0.25) is 0 Å². The molecular formula is C10H14N4O3S2. The summed E-state index contributed by atoms with van der Waals surface area (Å²) in [5.41, 5.74) is 5.72. The second-order valence-electron chi connectivity index (χ2n) is 4.37. The normalized spacial score (nSPS) is 18.1. The van der Waals surface area contributed by atoms with Crippen LogP contribution in [0.2, 0.25) is 0 Å². The van der Waals surface area contributed by atoms with Gasteiger partial charge in [-0.05, 0) is 12.8 Å². The Morgan fingerprint density at radius 2 is 2.21 bits per heavy atom. The summed E-state index contributed by atoms with van der Waals surface area (Å²) in [6, 6.07) is -0.109. The lowest BCUT2D eigenvalue weighted by atomic mass is 10.1. The number of hydrogen-bond acceptors (Lipinski definition) is 6. The molecule has 0 aromatic carbocycles. The number of nitrogens with zero attached hydrogens (tertiary/aromatic N) is 2. The highest BCUT2D eigenvalue weighted by molar-refractivity contribution is 7.89. The van der Waals surface area contributed by atoms with E-state index in [0.717, 1.165) is 0 Å². The first-order chi connectivity index (χ1) is 9.08. The third-order valence-electron chi connectivity index (χ3n) is 3.04. The molecule has 1 aliphatic heterocycles. The Morgan fingerprint density at radius 3 is 2.95 bits per heavy atom. The maximum atomic E-state index is 12.4. The van der Waals surface area contributed by atoms with E-state index >= 15 is 0 Å². The summed E-state index contributed by atoms with van der Waals surface area (Å²) < 4.78 is 34.2. The van der Waals surface area contributed by atoms with E-state index in [9.17, 15) is 8.42 Å². The van der Waals surface area contributed by atoms with Gasteiger partial charge in [0.05, 0.1) is 0 Å². The molecule has 3 N–H and O–H groups in total. The Labute approximate surface area is 114 Å². The molecule has 0 bridgehead atoms. The van der Waals surface area contributed by atoms with Crippen LogP contribution < -0.4 is 10.5 Å². The molecule has 1 aliphatic rings. The minimum absolute atomic E-state index is 0.0234. The highest BCUT2D eigenvalue weighted by Gasteiger charge is 2.28. The minimum atomic E-state index is -3.67. The third kappa shape index (κ3) is 2.34. The minimum Gasteiger partial charge on any atom is -0.381 e. The van der Waals surface area contributed by atoms with Gasteiger partial charge in [-0.25, -0.2) is 18.1 Å². The molecule has 2 aromatic heterocycles. The fourth-order valence-electron chi connectivity index (χ4n) is 2.14. The van der Waals surface area contributed by atoms with Crippen LogP contribution in [0.3, 0.4) is 0 Å². The molecule has 3 heterocycles. The van der Waals surface area contributed by atoms with Gasteiger partial charge in [0.25, 0.3) is 10.0 Å². The van der Waals surface area contributed by atoms with Crippen LogP contribution in [0.5, 0.6) is 0 Å². The number of nitrogens with two attached hydrogens (primary N) is 1. The first-order valence-electron chi connectivity index (χ1n) is 5.89. The van der Waals surface area contributed by atoms with Crippen molar-refractivity contribution in [2.24, 2.45) is 0 Å². The number of rotatable bonds is 3. The van der Waals surface area contributed by atoms with Crippen LogP contribution >= 0.6 is 11.3 Å². The Bertz CT molecular complexity index is 685. The molecule has 0 aliphatic carbocycles. The number of nitrogens with one attached hydrogen (secondary N) is 1. The van der Waals surface area contributed by atoms with E-state index < -0.39 is 10.0 Å². The molecule has 7 nitrogen and oxygen atoms in total. The molecule has 0 spiro atoms.